The fraction of sp³-hybridized carbons (Fsp3) is 0.375. The molecule has 0 unspecified atom stereocenters. The van der Waals surface area contributed by atoms with Crippen molar-refractivity contribution in [3.8, 4) is 0 Å². The van der Waals surface area contributed by atoms with Crippen molar-refractivity contribution < 1.29 is 13.1 Å². The van der Waals surface area contributed by atoms with E-state index in [2.05, 4.69) is 62.3 Å². The fourth-order valence-corrected chi connectivity index (χ4v) is 2.38. The quantitative estimate of drug-likeness (QED) is 0.584. The van der Waals surface area contributed by atoms with Gasteiger partial charge in [-0.1, -0.05) is 12.1 Å². The number of hydrogen-bond acceptors (Lipinski definition) is 5. The number of hydrogen-bond donors (Lipinski definition) is 3. The summed E-state index contributed by atoms with van der Waals surface area (Å²) in [5, 5.41) is 10.2. The van der Waals surface area contributed by atoms with Crippen molar-refractivity contribution in [1.29, 1.82) is 0 Å². The molecule has 0 spiro atoms. The summed E-state index contributed by atoms with van der Waals surface area (Å²) in [5.41, 5.74) is 4.31. The Morgan fingerprint density at radius 1 is 0.667 bits per heavy atom. The summed E-state index contributed by atoms with van der Waals surface area (Å²) in [6.45, 7) is 4.98. The monoisotopic (exact) mass is 408 g/mol. The van der Waals surface area contributed by atoms with Gasteiger partial charge < -0.3 is 16.0 Å². The van der Waals surface area contributed by atoms with Gasteiger partial charge in [-0.3, -0.25) is 9.97 Å². The summed E-state index contributed by atoms with van der Waals surface area (Å²) >= 11 is 0.00694. The third-order valence-corrected chi connectivity index (χ3v) is 3.43. The minimum atomic E-state index is 0.00694. The Morgan fingerprint density at radius 3 is 1.38 bits per heavy atom. The minimum absolute atomic E-state index is 0.00694. The van der Waals surface area contributed by atoms with Gasteiger partial charge in [-0.25, -0.2) is 0 Å². The van der Waals surface area contributed by atoms with Crippen LogP contribution < -0.4 is 16.0 Å². The number of nitrogens with one attached hydrogen (secondary N) is 3. The van der Waals surface area contributed by atoms with Crippen LogP contribution in [0.3, 0.4) is 0 Å². The molecule has 1 aliphatic heterocycles. The number of fused-ring (bicyclic) bond motifs is 4. The first-order valence-corrected chi connectivity index (χ1v) is 11.0. The van der Waals surface area contributed by atoms with Crippen LogP contribution in [0.2, 0.25) is 0 Å². The van der Waals surface area contributed by atoms with Gasteiger partial charge in [-0.05, 0) is 24.3 Å². The van der Waals surface area contributed by atoms with E-state index in [4.69, 9.17) is 20.2 Å². The molecule has 3 N–H and O–H groups in total. The third kappa shape index (κ3) is 7.45. The Morgan fingerprint density at radius 2 is 1.00 bits per heavy atom. The summed E-state index contributed by atoms with van der Waals surface area (Å²) in [5.74, 6) is 0. The van der Waals surface area contributed by atoms with Gasteiger partial charge in [-0.15, -0.1) is 0 Å². The topological polar surface area (TPSA) is 61.9 Å². The van der Waals surface area contributed by atoms with Crippen molar-refractivity contribution in [2.24, 2.45) is 0 Å². The Labute approximate surface area is 157 Å². The van der Waals surface area contributed by atoms with Crippen molar-refractivity contribution >= 4 is 20.2 Å². The van der Waals surface area contributed by atoms with E-state index >= 15 is 0 Å². The zero-order valence-corrected chi connectivity index (χ0v) is 15.9. The maximum atomic E-state index is 4.80. The molecule has 0 atom stereocenters. The average Bonchev–Trinajstić information content (AvgIpc) is 2.59. The van der Waals surface area contributed by atoms with Crippen LogP contribution in [-0.2, 0) is 39.3 Å². The summed E-state index contributed by atoms with van der Waals surface area (Å²) in [4.78, 5) is 9.30. The van der Waals surface area contributed by atoms with Gasteiger partial charge in [0.05, 0.1) is 22.8 Å². The van der Waals surface area contributed by atoms with E-state index in [-0.39, 0.29) is 13.1 Å². The fourth-order valence-electron chi connectivity index (χ4n) is 2.38. The first-order chi connectivity index (χ1) is 11.8. The largest absolute Gasteiger partial charge is 0.310 e. The maximum absolute atomic E-state index is 4.80. The molecule has 3 rings (SSSR count). The van der Waals surface area contributed by atoms with Gasteiger partial charge >= 0.3 is 33.3 Å². The molecule has 0 amide bonds. The third-order valence-electron chi connectivity index (χ3n) is 3.43. The molecule has 0 aliphatic carbocycles. The smallest absolute Gasteiger partial charge is 0.0545 e. The summed E-state index contributed by atoms with van der Waals surface area (Å²) < 4.78 is 0. The normalized spacial score (nSPS) is 15.4. The van der Waals surface area contributed by atoms with Crippen molar-refractivity contribution in [3.05, 3.63) is 59.2 Å². The number of halogens is 2. The van der Waals surface area contributed by atoms with Crippen LogP contribution in [0.4, 0.5) is 0 Å². The number of rotatable bonds is 0. The van der Waals surface area contributed by atoms with E-state index in [0.717, 1.165) is 62.0 Å². The molecule has 0 saturated carbocycles. The van der Waals surface area contributed by atoms with E-state index in [0.29, 0.717) is 0 Å². The van der Waals surface area contributed by atoms with Crippen molar-refractivity contribution in [2.45, 2.75) is 26.2 Å². The van der Waals surface area contributed by atoms with Gasteiger partial charge in [0.2, 0.25) is 0 Å². The van der Waals surface area contributed by atoms with Gasteiger partial charge in [0.25, 0.3) is 0 Å². The second-order valence-corrected chi connectivity index (χ2v) is 7.20. The Kier molecular flexibility index (Phi) is 9.61. The summed E-state index contributed by atoms with van der Waals surface area (Å²) in [6, 6.07) is 12.4. The molecule has 2 aromatic heterocycles. The van der Waals surface area contributed by atoms with Crippen LogP contribution in [0, 0.1) is 0 Å². The van der Waals surface area contributed by atoms with Crippen LogP contribution in [0.15, 0.2) is 36.4 Å². The Balaban J connectivity index is 0.000000647. The SMILES string of the molecule is [Cl][Mn][Cl].c1cc2nc(c1)CNCc1cccc(n1)CNCCNC2. The molecule has 4 bridgehead atoms. The molecule has 5 nitrogen and oxygen atoms in total. The second kappa shape index (κ2) is 11.8. The minimum Gasteiger partial charge on any atom is -0.310 e. The molecule has 0 aromatic carbocycles. The zero-order valence-electron chi connectivity index (χ0n) is 13.2. The molecule has 3 heterocycles. The van der Waals surface area contributed by atoms with Crippen molar-refractivity contribution in [1.82, 2.24) is 25.9 Å². The van der Waals surface area contributed by atoms with Crippen LogP contribution in [0.25, 0.3) is 0 Å². The van der Waals surface area contributed by atoms with Crippen LogP contribution in [-0.4, -0.2) is 23.1 Å². The van der Waals surface area contributed by atoms with Crippen LogP contribution in [0.1, 0.15) is 22.8 Å². The van der Waals surface area contributed by atoms with Crippen LogP contribution in [0.5, 0.6) is 0 Å². The van der Waals surface area contributed by atoms with Gasteiger partial charge in [-0.2, -0.15) is 0 Å². The summed E-state index contributed by atoms with van der Waals surface area (Å²) in [7, 11) is 9.59. The first kappa shape index (κ1) is 19.6. The number of pyridine rings is 2. The average molecular weight is 409 g/mol. The predicted octanol–water partition coefficient (Wildman–Crippen LogP) is 2.34. The Hall–Kier alpha value is -0.721. The summed E-state index contributed by atoms with van der Waals surface area (Å²) in [6.07, 6.45) is 0. The molecule has 8 heteroatoms. The predicted molar refractivity (Wildman–Crippen MR) is 94.1 cm³/mol. The zero-order chi connectivity index (χ0) is 17.0. The van der Waals surface area contributed by atoms with E-state index < -0.39 is 0 Å². The second-order valence-electron chi connectivity index (χ2n) is 5.25. The first-order valence-electron chi connectivity index (χ1n) is 7.70. The molecular weight excluding hydrogens is 388 g/mol. The van der Waals surface area contributed by atoms with Crippen molar-refractivity contribution in [2.75, 3.05) is 13.1 Å². The van der Waals surface area contributed by atoms with Gasteiger partial charge in [0.1, 0.15) is 0 Å². The maximum Gasteiger partial charge on any atom is 0.0545 e. The molecular formula is C16H21Cl2MnN5. The van der Waals surface area contributed by atoms with E-state index in [1.54, 1.807) is 0 Å². The number of nitrogens with zero attached hydrogens (tertiary/aromatic N) is 2. The van der Waals surface area contributed by atoms with E-state index in [1.165, 1.54) is 0 Å². The molecule has 2 aromatic rings. The van der Waals surface area contributed by atoms with E-state index in [9.17, 15) is 0 Å². The van der Waals surface area contributed by atoms with Gasteiger partial charge in [0, 0.05) is 39.3 Å². The molecule has 0 radical (unpaired) electrons. The van der Waals surface area contributed by atoms with E-state index in [1.807, 2.05) is 0 Å². The molecule has 131 valence electrons. The van der Waals surface area contributed by atoms with Crippen molar-refractivity contribution in [3.63, 3.8) is 0 Å². The molecule has 24 heavy (non-hydrogen) atoms. The standard InChI is InChI=1S/C16H21N5.2ClH.Mn/c1-3-13-9-17-7-8-18-10-14-4-2-6-16(21-14)12-19-11-15(5-1)20-13;;;/h1-6,17-19H,7-12H2;2*1H;/q;;;+2/p-2. The number of aromatic nitrogens is 2. The Bertz CT molecular complexity index is 563. The van der Waals surface area contributed by atoms with Crippen LogP contribution >= 0.6 is 20.2 Å². The molecule has 1 aliphatic rings. The molecule has 0 fully saturated rings. The molecule has 0 saturated heterocycles. The van der Waals surface area contributed by atoms with Gasteiger partial charge in [0.15, 0.2) is 0 Å².